The SMILES string of the molecule is Cc1cc(C(=O)NCCC(=O)O)[c]s1. The van der Waals surface area contributed by atoms with Crippen LogP contribution in [-0.2, 0) is 4.79 Å². The molecule has 14 heavy (non-hydrogen) atoms. The van der Waals surface area contributed by atoms with Gasteiger partial charge in [-0.1, -0.05) is 0 Å². The van der Waals surface area contributed by atoms with E-state index in [2.05, 4.69) is 10.7 Å². The quantitative estimate of drug-likeness (QED) is 0.784. The van der Waals surface area contributed by atoms with Gasteiger partial charge in [0.05, 0.1) is 17.4 Å². The largest absolute Gasteiger partial charge is 0.481 e. The van der Waals surface area contributed by atoms with Crippen LogP contribution < -0.4 is 5.32 Å². The molecule has 0 saturated heterocycles. The molecule has 75 valence electrons. The van der Waals surface area contributed by atoms with Crippen LogP contribution in [0.15, 0.2) is 6.07 Å². The lowest BCUT2D eigenvalue weighted by Crippen LogP contribution is -2.25. The molecule has 1 radical (unpaired) electrons. The molecule has 1 heterocycles. The smallest absolute Gasteiger partial charge is 0.305 e. The van der Waals surface area contributed by atoms with Crippen LogP contribution in [-0.4, -0.2) is 23.5 Å². The topological polar surface area (TPSA) is 66.4 Å². The second-order valence-corrected chi connectivity index (χ2v) is 3.82. The molecule has 0 saturated carbocycles. The number of rotatable bonds is 4. The maximum Gasteiger partial charge on any atom is 0.305 e. The third kappa shape index (κ3) is 3.18. The first-order valence-electron chi connectivity index (χ1n) is 4.07. The van der Waals surface area contributed by atoms with E-state index < -0.39 is 5.97 Å². The van der Waals surface area contributed by atoms with E-state index in [9.17, 15) is 9.59 Å². The third-order valence-electron chi connectivity index (χ3n) is 1.54. The molecule has 0 fully saturated rings. The Kier molecular flexibility index (Phi) is 3.64. The molecule has 1 aromatic heterocycles. The van der Waals surface area contributed by atoms with Crippen LogP contribution in [0.25, 0.3) is 0 Å². The van der Waals surface area contributed by atoms with Crippen LogP contribution in [0.1, 0.15) is 21.7 Å². The maximum atomic E-state index is 11.3. The van der Waals surface area contributed by atoms with Crippen molar-refractivity contribution in [1.29, 1.82) is 0 Å². The molecule has 0 bridgehead atoms. The third-order valence-corrected chi connectivity index (χ3v) is 2.30. The number of carbonyl (C=O) groups excluding carboxylic acids is 1. The molecule has 0 atom stereocenters. The van der Waals surface area contributed by atoms with Crippen molar-refractivity contribution in [2.45, 2.75) is 13.3 Å². The summed E-state index contributed by atoms with van der Waals surface area (Å²) in [7, 11) is 0. The molecular formula is C9H10NO3S. The monoisotopic (exact) mass is 212 g/mol. The Bertz CT molecular complexity index is 346. The van der Waals surface area contributed by atoms with Crippen molar-refractivity contribution >= 4 is 23.2 Å². The maximum absolute atomic E-state index is 11.3. The summed E-state index contributed by atoms with van der Waals surface area (Å²) in [5, 5.41) is 13.7. The standard InChI is InChI=1S/C9H10NO3S/c1-6-4-7(5-14-6)9(13)10-3-2-8(11)12/h4H,2-3H2,1H3,(H,10,13)(H,11,12). The molecule has 1 aromatic rings. The van der Waals surface area contributed by atoms with Crippen LogP contribution in [0.5, 0.6) is 0 Å². The number of aryl methyl sites for hydroxylation is 1. The van der Waals surface area contributed by atoms with Gasteiger partial charge in [-0.15, -0.1) is 11.3 Å². The van der Waals surface area contributed by atoms with Gasteiger partial charge in [0.25, 0.3) is 5.91 Å². The Morgan fingerprint density at radius 1 is 1.64 bits per heavy atom. The Morgan fingerprint density at radius 3 is 2.86 bits per heavy atom. The van der Waals surface area contributed by atoms with Gasteiger partial charge < -0.3 is 10.4 Å². The Morgan fingerprint density at radius 2 is 2.36 bits per heavy atom. The van der Waals surface area contributed by atoms with Crippen LogP contribution in [0, 0.1) is 12.3 Å². The van der Waals surface area contributed by atoms with Gasteiger partial charge in [-0.2, -0.15) is 0 Å². The average Bonchev–Trinajstić information content (AvgIpc) is 2.51. The lowest BCUT2D eigenvalue weighted by Gasteiger charge is -1.99. The van der Waals surface area contributed by atoms with E-state index in [4.69, 9.17) is 5.11 Å². The van der Waals surface area contributed by atoms with E-state index in [1.165, 1.54) is 11.3 Å². The fourth-order valence-corrected chi connectivity index (χ4v) is 1.49. The van der Waals surface area contributed by atoms with Crippen LogP contribution in [0.4, 0.5) is 0 Å². The Hall–Kier alpha value is -1.36. The summed E-state index contributed by atoms with van der Waals surface area (Å²) in [4.78, 5) is 22.5. The number of carboxylic acid groups (broad SMARTS) is 1. The summed E-state index contributed by atoms with van der Waals surface area (Å²) in [6.07, 6.45) is -0.0607. The molecule has 1 amide bonds. The van der Waals surface area contributed by atoms with Crippen LogP contribution in [0.2, 0.25) is 0 Å². The van der Waals surface area contributed by atoms with Crippen LogP contribution >= 0.6 is 11.3 Å². The van der Waals surface area contributed by atoms with Gasteiger partial charge in [0, 0.05) is 11.4 Å². The summed E-state index contributed by atoms with van der Waals surface area (Å²) in [6.45, 7) is 2.03. The number of hydrogen-bond acceptors (Lipinski definition) is 3. The molecule has 5 heteroatoms. The van der Waals surface area contributed by atoms with Gasteiger partial charge in [-0.05, 0) is 13.0 Å². The molecule has 0 aliphatic carbocycles. The summed E-state index contributed by atoms with van der Waals surface area (Å²) in [5.41, 5.74) is 0.470. The fourth-order valence-electron chi connectivity index (χ4n) is 0.888. The first-order valence-corrected chi connectivity index (χ1v) is 4.89. The van der Waals surface area contributed by atoms with Crippen molar-refractivity contribution < 1.29 is 14.7 Å². The van der Waals surface area contributed by atoms with E-state index in [0.29, 0.717) is 5.56 Å². The molecule has 0 aliphatic rings. The van der Waals surface area contributed by atoms with E-state index in [-0.39, 0.29) is 18.9 Å². The van der Waals surface area contributed by atoms with Gasteiger partial charge >= 0.3 is 5.97 Å². The van der Waals surface area contributed by atoms with E-state index in [1.54, 1.807) is 6.07 Å². The number of thiophene rings is 1. The molecular weight excluding hydrogens is 202 g/mol. The predicted octanol–water partition coefficient (Wildman–Crippen LogP) is 1.06. The Labute approximate surface area is 85.6 Å². The first-order chi connectivity index (χ1) is 6.59. The number of aliphatic carboxylic acids is 1. The van der Waals surface area contributed by atoms with Crippen LogP contribution in [0.3, 0.4) is 0 Å². The molecule has 2 N–H and O–H groups in total. The summed E-state index contributed by atoms with van der Waals surface area (Å²) >= 11 is 1.37. The van der Waals surface area contributed by atoms with E-state index in [0.717, 1.165) is 4.88 Å². The minimum atomic E-state index is -0.921. The highest BCUT2D eigenvalue weighted by atomic mass is 32.1. The van der Waals surface area contributed by atoms with Crippen molar-refractivity contribution in [3.8, 4) is 0 Å². The second kappa shape index (κ2) is 4.76. The fraction of sp³-hybridized carbons (Fsp3) is 0.333. The highest BCUT2D eigenvalue weighted by molar-refractivity contribution is 7.09. The van der Waals surface area contributed by atoms with Gasteiger partial charge in [-0.25, -0.2) is 0 Å². The zero-order chi connectivity index (χ0) is 10.6. The number of amides is 1. The summed E-state index contributed by atoms with van der Waals surface area (Å²) in [6, 6.07) is 1.72. The van der Waals surface area contributed by atoms with Gasteiger partial charge in [0.15, 0.2) is 0 Å². The number of hydrogen-bond donors (Lipinski definition) is 2. The number of nitrogens with one attached hydrogen (secondary N) is 1. The van der Waals surface area contributed by atoms with Gasteiger partial charge in [0.1, 0.15) is 0 Å². The second-order valence-electron chi connectivity index (χ2n) is 2.77. The van der Waals surface area contributed by atoms with Crippen molar-refractivity contribution in [2.24, 2.45) is 0 Å². The minimum absolute atomic E-state index is 0.0607. The highest BCUT2D eigenvalue weighted by Gasteiger charge is 2.07. The first kappa shape index (κ1) is 10.7. The van der Waals surface area contributed by atoms with Crippen molar-refractivity contribution in [3.05, 3.63) is 21.9 Å². The summed E-state index contributed by atoms with van der Waals surface area (Å²) in [5.74, 6) is -1.19. The summed E-state index contributed by atoms with van der Waals surface area (Å²) < 4.78 is 0. The van der Waals surface area contributed by atoms with Crippen molar-refractivity contribution in [1.82, 2.24) is 5.32 Å². The van der Waals surface area contributed by atoms with Gasteiger partial charge in [0.2, 0.25) is 0 Å². The molecule has 4 nitrogen and oxygen atoms in total. The van der Waals surface area contributed by atoms with E-state index in [1.807, 2.05) is 6.92 Å². The normalized spacial score (nSPS) is 9.79. The lowest BCUT2D eigenvalue weighted by molar-refractivity contribution is -0.136. The van der Waals surface area contributed by atoms with Gasteiger partial charge in [-0.3, -0.25) is 9.59 Å². The molecule has 0 unspecified atom stereocenters. The molecule has 0 aliphatic heterocycles. The number of carboxylic acids is 1. The predicted molar refractivity (Wildman–Crippen MR) is 52.5 cm³/mol. The molecule has 0 spiro atoms. The van der Waals surface area contributed by atoms with Crippen molar-refractivity contribution in [2.75, 3.05) is 6.54 Å². The lowest BCUT2D eigenvalue weighted by atomic mass is 10.3. The average molecular weight is 212 g/mol. The molecule has 0 aromatic carbocycles. The highest BCUT2D eigenvalue weighted by Crippen LogP contribution is 2.11. The Balaban J connectivity index is 2.39. The minimum Gasteiger partial charge on any atom is -0.481 e. The number of carbonyl (C=O) groups is 2. The molecule has 1 rings (SSSR count). The zero-order valence-corrected chi connectivity index (χ0v) is 8.48. The van der Waals surface area contributed by atoms with Crippen molar-refractivity contribution in [3.63, 3.8) is 0 Å². The zero-order valence-electron chi connectivity index (χ0n) is 7.66. The van der Waals surface area contributed by atoms with E-state index >= 15 is 0 Å².